The molecule has 1 aliphatic heterocycles. The van der Waals surface area contributed by atoms with Crippen LogP contribution in [0.15, 0.2) is 18.2 Å². The minimum Gasteiger partial charge on any atom is -1.00 e. The Morgan fingerprint density at radius 1 is 1.20 bits per heavy atom. The van der Waals surface area contributed by atoms with Crippen LogP contribution in [0.25, 0.3) is 0 Å². The lowest BCUT2D eigenvalue weighted by atomic mass is 10.2. The van der Waals surface area contributed by atoms with Crippen LogP contribution >= 0.6 is 0 Å². The summed E-state index contributed by atoms with van der Waals surface area (Å²) in [7, 11) is 1.69. The van der Waals surface area contributed by atoms with Crippen molar-refractivity contribution >= 4 is 0 Å². The van der Waals surface area contributed by atoms with Gasteiger partial charge in [-0.15, -0.1) is 0 Å². The predicted octanol–water partition coefficient (Wildman–Crippen LogP) is -0.680. The number of hydrogen-bond acceptors (Lipinski definition) is 4. The number of nitrogens with zero attached hydrogens (tertiary/aromatic N) is 1. The zero-order valence-corrected chi connectivity index (χ0v) is 13.0. The highest BCUT2D eigenvalue weighted by Crippen LogP contribution is 2.28. The van der Waals surface area contributed by atoms with E-state index in [1.165, 1.54) is 5.56 Å². The minimum atomic E-state index is 0. The molecule has 0 radical (unpaired) electrons. The third-order valence-corrected chi connectivity index (χ3v) is 3.20. The fourth-order valence-electron chi connectivity index (χ4n) is 2.16. The van der Waals surface area contributed by atoms with Gasteiger partial charge in [0.25, 0.3) is 0 Å². The molecule has 0 bridgehead atoms. The summed E-state index contributed by atoms with van der Waals surface area (Å²) in [5.41, 5.74) is 1.25. The third-order valence-electron chi connectivity index (χ3n) is 3.20. The van der Waals surface area contributed by atoms with E-state index >= 15 is 0 Å². The number of methoxy groups -OCH3 is 1. The summed E-state index contributed by atoms with van der Waals surface area (Å²) >= 11 is 0. The molecular formula is C15H23ClNO3-. The molecule has 5 heteroatoms. The highest BCUT2D eigenvalue weighted by atomic mass is 35.5. The van der Waals surface area contributed by atoms with E-state index in [9.17, 15) is 0 Å². The lowest BCUT2D eigenvalue weighted by Gasteiger charge is -2.26. The number of ether oxygens (including phenoxy) is 3. The minimum absolute atomic E-state index is 0. The molecule has 4 nitrogen and oxygen atoms in total. The molecule has 0 aromatic heterocycles. The maximum absolute atomic E-state index is 5.66. The summed E-state index contributed by atoms with van der Waals surface area (Å²) < 4.78 is 16.4. The third kappa shape index (κ3) is 4.85. The van der Waals surface area contributed by atoms with Crippen molar-refractivity contribution in [2.24, 2.45) is 0 Å². The van der Waals surface area contributed by atoms with Gasteiger partial charge in [-0.05, 0) is 24.1 Å². The molecule has 0 unspecified atom stereocenters. The maximum atomic E-state index is 5.66. The second-order valence-electron chi connectivity index (χ2n) is 4.72. The van der Waals surface area contributed by atoms with Gasteiger partial charge in [-0.2, -0.15) is 0 Å². The molecule has 2 rings (SSSR count). The maximum Gasteiger partial charge on any atom is 0.161 e. The van der Waals surface area contributed by atoms with Gasteiger partial charge in [0.2, 0.25) is 0 Å². The van der Waals surface area contributed by atoms with Gasteiger partial charge in [-0.3, -0.25) is 4.90 Å². The first-order chi connectivity index (χ1) is 9.33. The molecule has 0 amide bonds. The highest BCUT2D eigenvalue weighted by molar-refractivity contribution is 5.42. The van der Waals surface area contributed by atoms with E-state index in [4.69, 9.17) is 14.2 Å². The van der Waals surface area contributed by atoms with Crippen LogP contribution in [0.3, 0.4) is 0 Å². The topological polar surface area (TPSA) is 30.9 Å². The van der Waals surface area contributed by atoms with Gasteiger partial charge in [0.05, 0.1) is 26.9 Å². The molecule has 1 saturated heterocycles. The van der Waals surface area contributed by atoms with Crippen molar-refractivity contribution in [3.8, 4) is 11.5 Å². The molecule has 0 atom stereocenters. The van der Waals surface area contributed by atoms with Crippen LogP contribution in [0.5, 0.6) is 11.5 Å². The van der Waals surface area contributed by atoms with Gasteiger partial charge in [-0.25, -0.2) is 0 Å². The lowest BCUT2D eigenvalue weighted by molar-refractivity contribution is -0.00000673. The first-order valence-electron chi connectivity index (χ1n) is 6.93. The Morgan fingerprint density at radius 2 is 1.95 bits per heavy atom. The molecule has 0 aliphatic carbocycles. The normalized spacial score (nSPS) is 15.5. The number of hydrogen-bond donors (Lipinski definition) is 0. The Balaban J connectivity index is 0.00000200. The standard InChI is InChI=1S/C15H23NO3.ClH/c1-3-8-19-14-5-4-13(11-15(14)17-2)12-16-6-9-18-10-7-16;/h4-5,11H,3,6-10,12H2,1-2H3;1H/p-1. The van der Waals surface area contributed by atoms with Gasteiger partial charge in [0.15, 0.2) is 11.5 Å². The Labute approximate surface area is 127 Å². The second-order valence-corrected chi connectivity index (χ2v) is 4.72. The molecule has 20 heavy (non-hydrogen) atoms. The van der Waals surface area contributed by atoms with Crippen molar-refractivity contribution in [2.75, 3.05) is 40.0 Å². The van der Waals surface area contributed by atoms with E-state index in [0.717, 1.165) is 57.4 Å². The van der Waals surface area contributed by atoms with Crippen LogP contribution in [0, 0.1) is 0 Å². The van der Waals surface area contributed by atoms with Crippen LogP contribution in [-0.2, 0) is 11.3 Å². The molecule has 1 aromatic rings. The van der Waals surface area contributed by atoms with Crippen molar-refractivity contribution in [2.45, 2.75) is 19.9 Å². The van der Waals surface area contributed by atoms with Crippen LogP contribution in [0.1, 0.15) is 18.9 Å². The van der Waals surface area contributed by atoms with Crippen LogP contribution in [0.2, 0.25) is 0 Å². The Morgan fingerprint density at radius 3 is 2.60 bits per heavy atom. The summed E-state index contributed by atoms with van der Waals surface area (Å²) in [5.74, 6) is 1.65. The van der Waals surface area contributed by atoms with E-state index in [2.05, 4.69) is 24.0 Å². The van der Waals surface area contributed by atoms with Crippen LogP contribution in [0.4, 0.5) is 0 Å². The van der Waals surface area contributed by atoms with Crippen molar-refractivity contribution < 1.29 is 26.6 Å². The second kappa shape index (κ2) is 9.06. The monoisotopic (exact) mass is 300 g/mol. The van der Waals surface area contributed by atoms with E-state index in [0.29, 0.717) is 0 Å². The first-order valence-corrected chi connectivity index (χ1v) is 6.93. The first kappa shape index (κ1) is 17.1. The lowest BCUT2D eigenvalue weighted by Crippen LogP contribution is -3.00. The SMILES string of the molecule is CCCOc1ccc(CN2CCOCC2)cc1OC.[Cl-]. The fourth-order valence-corrected chi connectivity index (χ4v) is 2.16. The molecule has 1 fully saturated rings. The number of morpholine rings is 1. The zero-order valence-electron chi connectivity index (χ0n) is 12.2. The summed E-state index contributed by atoms with van der Waals surface area (Å²) in [4.78, 5) is 2.39. The van der Waals surface area contributed by atoms with Gasteiger partial charge in [-0.1, -0.05) is 13.0 Å². The predicted molar refractivity (Wildman–Crippen MR) is 74.9 cm³/mol. The van der Waals surface area contributed by atoms with Gasteiger partial charge in [0.1, 0.15) is 0 Å². The molecule has 0 spiro atoms. The quantitative estimate of drug-likeness (QED) is 0.697. The molecular weight excluding hydrogens is 278 g/mol. The van der Waals surface area contributed by atoms with Crippen LogP contribution < -0.4 is 21.9 Å². The molecule has 0 N–H and O–H groups in total. The highest BCUT2D eigenvalue weighted by Gasteiger charge is 2.12. The number of benzene rings is 1. The molecule has 1 heterocycles. The molecule has 114 valence electrons. The Bertz CT molecular complexity index is 395. The summed E-state index contributed by atoms with van der Waals surface area (Å²) in [6, 6.07) is 6.19. The average Bonchev–Trinajstić information content (AvgIpc) is 2.47. The largest absolute Gasteiger partial charge is 1.00 e. The van der Waals surface area contributed by atoms with E-state index < -0.39 is 0 Å². The molecule has 0 saturated carbocycles. The zero-order chi connectivity index (χ0) is 13.5. The number of rotatable bonds is 6. The van der Waals surface area contributed by atoms with Crippen molar-refractivity contribution in [3.05, 3.63) is 23.8 Å². The number of halogens is 1. The van der Waals surface area contributed by atoms with Crippen LogP contribution in [-0.4, -0.2) is 44.9 Å². The van der Waals surface area contributed by atoms with Crippen molar-refractivity contribution in [3.63, 3.8) is 0 Å². The van der Waals surface area contributed by atoms with Gasteiger partial charge in [0, 0.05) is 19.6 Å². The average molecular weight is 301 g/mol. The summed E-state index contributed by atoms with van der Waals surface area (Å²) in [6.07, 6.45) is 0.999. The van der Waals surface area contributed by atoms with Crippen molar-refractivity contribution in [1.82, 2.24) is 4.90 Å². The smallest absolute Gasteiger partial charge is 0.161 e. The summed E-state index contributed by atoms with van der Waals surface area (Å²) in [6.45, 7) is 7.41. The van der Waals surface area contributed by atoms with E-state index in [1.807, 2.05) is 6.07 Å². The summed E-state index contributed by atoms with van der Waals surface area (Å²) in [5, 5.41) is 0. The van der Waals surface area contributed by atoms with Gasteiger partial charge >= 0.3 is 0 Å². The van der Waals surface area contributed by atoms with E-state index in [-0.39, 0.29) is 12.4 Å². The van der Waals surface area contributed by atoms with E-state index in [1.54, 1.807) is 7.11 Å². The Kier molecular flexibility index (Phi) is 7.73. The molecule has 1 aromatic carbocycles. The van der Waals surface area contributed by atoms with Gasteiger partial charge < -0.3 is 26.6 Å². The fraction of sp³-hybridized carbons (Fsp3) is 0.600. The molecule has 1 aliphatic rings. The van der Waals surface area contributed by atoms with Crippen molar-refractivity contribution in [1.29, 1.82) is 0 Å². The Hall–Kier alpha value is -0.970.